The van der Waals surface area contributed by atoms with Gasteiger partial charge in [0.05, 0.1) is 12.0 Å². The Kier molecular flexibility index (Phi) is 3.87. The van der Waals surface area contributed by atoms with Crippen molar-refractivity contribution in [2.24, 2.45) is 10.8 Å². The highest BCUT2D eigenvalue weighted by Crippen LogP contribution is 2.58. The van der Waals surface area contributed by atoms with Gasteiger partial charge in [0.25, 0.3) is 5.91 Å². The maximum absolute atomic E-state index is 12.7. The second-order valence-corrected chi connectivity index (χ2v) is 8.27. The summed E-state index contributed by atoms with van der Waals surface area (Å²) in [4.78, 5) is 24.0. The Bertz CT molecular complexity index is 672. The minimum Gasteiger partial charge on any atom is -0.481 e. The van der Waals surface area contributed by atoms with E-state index in [1.54, 1.807) is 0 Å². The van der Waals surface area contributed by atoms with Crippen molar-refractivity contribution in [1.29, 1.82) is 0 Å². The third-order valence-corrected chi connectivity index (χ3v) is 6.45. The van der Waals surface area contributed by atoms with Gasteiger partial charge in [-0.2, -0.15) is 0 Å². The molecule has 0 spiro atoms. The largest absolute Gasteiger partial charge is 0.481 e. The zero-order valence-electron chi connectivity index (χ0n) is 14.4. The van der Waals surface area contributed by atoms with Crippen molar-refractivity contribution in [2.45, 2.75) is 50.5 Å². The Hall–Kier alpha value is -1.88. The Morgan fingerprint density at radius 2 is 1.80 bits per heavy atom. The molecule has 0 aromatic heterocycles. The van der Waals surface area contributed by atoms with Crippen LogP contribution in [0.4, 0.5) is 0 Å². The molecule has 1 aromatic carbocycles. The summed E-state index contributed by atoms with van der Waals surface area (Å²) in [7, 11) is 0. The van der Waals surface area contributed by atoms with Crippen LogP contribution in [0.5, 0.6) is 0 Å². The van der Waals surface area contributed by atoms with E-state index >= 15 is 0 Å². The van der Waals surface area contributed by atoms with Gasteiger partial charge in [0, 0.05) is 19.4 Å². The van der Waals surface area contributed by atoms with Crippen LogP contribution in [0.2, 0.25) is 0 Å². The van der Waals surface area contributed by atoms with E-state index in [9.17, 15) is 14.7 Å². The van der Waals surface area contributed by atoms with E-state index in [1.807, 2.05) is 6.07 Å². The number of carbonyl (C=O) groups is 2. The normalized spacial score (nSPS) is 32.2. The first kappa shape index (κ1) is 16.6. The molecule has 25 heavy (non-hydrogen) atoms. The number of aliphatic carboxylic acids is 1. The third-order valence-electron chi connectivity index (χ3n) is 6.45. The molecule has 5 heteroatoms. The van der Waals surface area contributed by atoms with Gasteiger partial charge in [-0.25, -0.2) is 0 Å². The summed E-state index contributed by atoms with van der Waals surface area (Å²) >= 11 is 0. The lowest BCUT2D eigenvalue weighted by Crippen LogP contribution is -2.58. The Morgan fingerprint density at radius 3 is 2.40 bits per heavy atom. The Morgan fingerprint density at radius 1 is 1.12 bits per heavy atom. The van der Waals surface area contributed by atoms with Crippen LogP contribution in [0.15, 0.2) is 30.3 Å². The van der Waals surface area contributed by atoms with Crippen LogP contribution < -0.4 is 5.32 Å². The number of fused-ring (bicyclic) bond motifs is 1. The van der Waals surface area contributed by atoms with Gasteiger partial charge in [0.15, 0.2) is 0 Å². The first-order valence-electron chi connectivity index (χ1n) is 9.17. The SMILES string of the molecule is O=C(O)C12COC(C(=O)NCC3(Cc4ccccc4)CCCC3)(C1)C2. The number of carboxylic acids is 1. The third kappa shape index (κ3) is 2.74. The number of carbonyl (C=O) groups excluding carboxylic acids is 1. The highest BCUT2D eigenvalue weighted by molar-refractivity contribution is 5.92. The van der Waals surface area contributed by atoms with Crippen molar-refractivity contribution in [1.82, 2.24) is 5.32 Å². The monoisotopic (exact) mass is 343 g/mol. The second kappa shape index (κ2) is 5.84. The molecule has 2 saturated carbocycles. The average molecular weight is 343 g/mol. The predicted molar refractivity (Wildman–Crippen MR) is 92.0 cm³/mol. The lowest BCUT2D eigenvalue weighted by molar-refractivity contribution is -0.158. The molecule has 1 aromatic rings. The lowest BCUT2D eigenvalue weighted by atomic mass is 9.62. The molecule has 5 rings (SSSR count). The smallest absolute Gasteiger partial charge is 0.312 e. The number of rotatable bonds is 6. The summed E-state index contributed by atoms with van der Waals surface area (Å²) in [6.45, 7) is 0.802. The van der Waals surface area contributed by atoms with Crippen molar-refractivity contribution in [2.75, 3.05) is 13.2 Å². The summed E-state index contributed by atoms with van der Waals surface area (Å²) < 4.78 is 5.61. The number of amides is 1. The van der Waals surface area contributed by atoms with Crippen LogP contribution in [0.25, 0.3) is 0 Å². The zero-order valence-corrected chi connectivity index (χ0v) is 14.4. The standard InChI is InChI=1S/C20H25NO4/c22-16(20-11-19(12-20,14-25-20)17(23)24)21-13-18(8-4-5-9-18)10-15-6-2-1-3-7-15/h1-3,6-7H,4-5,8-14H2,(H,21,22)(H,23,24). The van der Waals surface area contributed by atoms with Gasteiger partial charge >= 0.3 is 5.97 Å². The molecule has 2 aliphatic carbocycles. The summed E-state index contributed by atoms with van der Waals surface area (Å²) in [6.07, 6.45) is 6.24. The first-order valence-corrected chi connectivity index (χ1v) is 9.17. The fraction of sp³-hybridized carbons (Fsp3) is 0.600. The molecule has 1 amide bonds. The van der Waals surface area contributed by atoms with Crippen molar-refractivity contribution in [3.63, 3.8) is 0 Å². The van der Waals surface area contributed by atoms with Gasteiger partial charge in [-0.05, 0) is 30.2 Å². The Balaban J connectivity index is 1.39. The predicted octanol–water partition coefficient (Wildman–Crippen LogP) is 2.54. The molecule has 2 N–H and O–H groups in total. The molecule has 0 unspecified atom stereocenters. The second-order valence-electron chi connectivity index (χ2n) is 8.27. The van der Waals surface area contributed by atoms with E-state index in [0.717, 1.165) is 19.3 Å². The van der Waals surface area contributed by atoms with Crippen LogP contribution >= 0.6 is 0 Å². The number of ether oxygens (including phenoxy) is 1. The minimum absolute atomic E-state index is 0.111. The number of benzene rings is 1. The molecule has 5 nitrogen and oxygen atoms in total. The van der Waals surface area contributed by atoms with Crippen LogP contribution in [0, 0.1) is 10.8 Å². The topological polar surface area (TPSA) is 75.6 Å². The summed E-state index contributed by atoms with van der Waals surface area (Å²) in [6, 6.07) is 10.4. The van der Waals surface area contributed by atoms with Crippen molar-refractivity contribution in [3.05, 3.63) is 35.9 Å². The molecule has 2 aliphatic heterocycles. The quantitative estimate of drug-likeness (QED) is 0.832. The number of hydrogen-bond acceptors (Lipinski definition) is 3. The van der Waals surface area contributed by atoms with Gasteiger partial charge in [-0.3, -0.25) is 9.59 Å². The molecular weight excluding hydrogens is 318 g/mol. The van der Waals surface area contributed by atoms with Crippen molar-refractivity contribution >= 4 is 11.9 Å². The van der Waals surface area contributed by atoms with E-state index in [2.05, 4.69) is 29.6 Å². The van der Waals surface area contributed by atoms with Gasteiger partial charge in [-0.15, -0.1) is 0 Å². The molecule has 4 fully saturated rings. The fourth-order valence-corrected chi connectivity index (χ4v) is 4.96. The van der Waals surface area contributed by atoms with Gasteiger partial charge < -0.3 is 15.2 Å². The van der Waals surface area contributed by atoms with Gasteiger partial charge in [0.2, 0.25) is 0 Å². The molecular formula is C20H25NO4. The van der Waals surface area contributed by atoms with E-state index in [1.165, 1.54) is 18.4 Å². The maximum Gasteiger partial charge on any atom is 0.312 e. The van der Waals surface area contributed by atoms with E-state index in [-0.39, 0.29) is 17.9 Å². The van der Waals surface area contributed by atoms with E-state index in [0.29, 0.717) is 19.4 Å². The summed E-state index contributed by atoms with van der Waals surface area (Å²) in [5.74, 6) is -0.967. The summed E-state index contributed by atoms with van der Waals surface area (Å²) in [5.41, 5.74) is -0.306. The number of hydrogen-bond donors (Lipinski definition) is 2. The van der Waals surface area contributed by atoms with Crippen molar-refractivity contribution in [3.8, 4) is 0 Å². The molecule has 2 saturated heterocycles. The highest BCUT2D eigenvalue weighted by Gasteiger charge is 2.70. The molecule has 0 radical (unpaired) electrons. The number of carboxylic acid groups (broad SMARTS) is 1. The van der Waals surface area contributed by atoms with E-state index < -0.39 is 17.0 Å². The van der Waals surface area contributed by atoms with Crippen molar-refractivity contribution < 1.29 is 19.4 Å². The van der Waals surface area contributed by atoms with Crippen LogP contribution in [-0.4, -0.2) is 35.7 Å². The highest BCUT2D eigenvalue weighted by atomic mass is 16.5. The molecule has 2 bridgehead atoms. The van der Waals surface area contributed by atoms with Crippen LogP contribution in [0.1, 0.15) is 44.1 Å². The number of nitrogens with one attached hydrogen (secondary N) is 1. The average Bonchev–Trinajstić information content (AvgIpc) is 3.27. The Labute approximate surface area is 147 Å². The first-order chi connectivity index (χ1) is 12.0. The summed E-state index contributed by atoms with van der Waals surface area (Å²) in [5, 5.41) is 12.4. The lowest BCUT2D eigenvalue weighted by Gasteiger charge is -2.41. The van der Waals surface area contributed by atoms with Gasteiger partial charge in [-0.1, -0.05) is 43.2 Å². The maximum atomic E-state index is 12.7. The van der Waals surface area contributed by atoms with Crippen LogP contribution in [-0.2, 0) is 20.7 Å². The zero-order chi connectivity index (χ0) is 17.5. The van der Waals surface area contributed by atoms with Crippen LogP contribution in [0.3, 0.4) is 0 Å². The molecule has 2 heterocycles. The molecule has 134 valence electrons. The molecule has 0 atom stereocenters. The van der Waals surface area contributed by atoms with Gasteiger partial charge in [0.1, 0.15) is 5.60 Å². The minimum atomic E-state index is -0.898. The van der Waals surface area contributed by atoms with E-state index in [4.69, 9.17) is 4.74 Å². The molecule has 4 aliphatic rings. The fourth-order valence-electron chi connectivity index (χ4n) is 4.96.